The van der Waals surface area contributed by atoms with Crippen LogP contribution in [0.15, 0.2) is 40.8 Å². The first-order valence-electron chi connectivity index (χ1n) is 6.55. The normalized spacial score (nSPS) is 12.0. The van der Waals surface area contributed by atoms with Gasteiger partial charge in [-0.25, -0.2) is 9.18 Å². The maximum Gasteiger partial charge on any atom is 0.315 e. The maximum atomic E-state index is 12.7. The SMILES string of the molecule is Cc1ccc([C@H](O)CNC(=O)NCc2ccc(F)cc2)o1. The first-order valence-corrected chi connectivity index (χ1v) is 6.55. The van der Waals surface area contributed by atoms with Gasteiger partial charge in [-0.15, -0.1) is 0 Å². The van der Waals surface area contributed by atoms with Crippen molar-refractivity contribution in [1.82, 2.24) is 10.6 Å². The van der Waals surface area contributed by atoms with Crippen molar-refractivity contribution in [2.24, 2.45) is 0 Å². The Kier molecular flexibility index (Phi) is 4.94. The zero-order valence-electron chi connectivity index (χ0n) is 11.6. The van der Waals surface area contributed by atoms with Crippen molar-refractivity contribution < 1.29 is 18.7 Å². The third-order valence-electron chi connectivity index (χ3n) is 2.91. The molecular weight excluding hydrogens is 275 g/mol. The molecule has 21 heavy (non-hydrogen) atoms. The number of halogens is 1. The molecule has 6 heteroatoms. The lowest BCUT2D eigenvalue weighted by Crippen LogP contribution is -2.37. The van der Waals surface area contributed by atoms with Crippen molar-refractivity contribution in [2.75, 3.05) is 6.54 Å². The van der Waals surface area contributed by atoms with Gasteiger partial charge in [-0.2, -0.15) is 0 Å². The summed E-state index contributed by atoms with van der Waals surface area (Å²) in [6.45, 7) is 2.10. The maximum absolute atomic E-state index is 12.7. The van der Waals surface area contributed by atoms with Gasteiger partial charge >= 0.3 is 6.03 Å². The summed E-state index contributed by atoms with van der Waals surface area (Å²) in [6.07, 6.45) is -0.893. The lowest BCUT2D eigenvalue weighted by Gasteiger charge is -2.11. The molecule has 2 rings (SSSR count). The Morgan fingerprint density at radius 3 is 2.57 bits per heavy atom. The molecular formula is C15H17FN2O3. The van der Waals surface area contributed by atoms with E-state index in [0.29, 0.717) is 11.5 Å². The van der Waals surface area contributed by atoms with Crippen LogP contribution in [-0.4, -0.2) is 17.7 Å². The van der Waals surface area contributed by atoms with E-state index >= 15 is 0 Å². The van der Waals surface area contributed by atoms with Gasteiger partial charge in [0.2, 0.25) is 0 Å². The summed E-state index contributed by atoms with van der Waals surface area (Å²) in [5.41, 5.74) is 0.786. The number of amides is 2. The number of aliphatic hydroxyl groups excluding tert-OH is 1. The van der Waals surface area contributed by atoms with Crippen LogP contribution >= 0.6 is 0 Å². The Morgan fingerprint density at radius 2 is 1.95 bits per heavy atom. The van der Waals surface area contributed by atoms with Crippen LogP contribution in [0.5, 0.6) is 0 Å². The number of carbonyl (C=O) groups excluding carboxylic acids is 1. The number of rotatable bonds is 5. The number of nitrogens with one attached hydrogen (secondary N) is 2. The molecule has 0 aliphatic heterocycles. The Labute approximate surface area is 121 Å². The first kappa shape index (κ1) is 15.1. The third kappa shape index (κ3) is 4.61. The van der Waals surface area contributed by atoms with Crippen LogP contribution in [0.3, 0.4) is 0 Å². The summed E-state index contributed by atoms with van der Waals surface area (Å²) in [5.74, 6) is 0.788. The summed E-state index contributed by atoms with van der Waals surface area (Å²) < 4.78 is 18.0. The van der Waals surface area contributed by atoms with E-state index in [1.54, 1.807) is 31.2 Å². The number of furan rings is 1. The monoisotopic (exact) mass is 292 g/mol. The van der Waals surface area contributed by atoms with Gasteiger partial charge in [-0.05, 0) is 36.8 Å². The summed E-state index contributed by atoms with van der Waals surface area (Å²) in [5, 5.41) is 15.0. The van der Waals surface area contributed by atoms with E-state index in [4.69, 9.17) is 4.42 Å². The minimum absolute atomic E-state index is 0.0439. The Bertz CT molecular complexity index is 595. The van der Waals surface area contributed by atoms with Crippen molar-refractivity contribution in [1.29, 1.82) is 0 Å². The van der Waals surface area contributed by atoms with Crippen molar-refractivity contribution in [3.8, 4) is 0 Å². The lowest BCUT2D eigenvalue weighted by molar-refractivity contribution is 0.146. The highest BCUT2D eigenvalue weighted by atomic mass is 19.1. The predicted octanol–water partition coefficient (Wildman–Crippen LogP) is 2.26. The highest BCUT2D eigenvalue weighted by Gasteiger charge is 2.12. The number of hydrogen-bond acceptors (Lipinski definition) is 3. The van der Waals surface area contributed by atoms with E-state index in [1.807, 2.05) is 0 Å². The third-order valence-corrected chi connectivity index (χ3v) is 2.91. The second-order valence-electron chi connectivity index (χ2n) is 4.65. The Hall–Kier alpha value is -2.34. The van der Waals surface area contributed by atoms with E-state index in [1.165, 1.54) is 12.1 Å². The summed E-state index contributed by atoms with van der Waals surface area (Å²) in [4.78, 5) is 11.6. The number of urea groups is 1. The number of aliphatic hydroxyl groups is 1. The number of carbonyl (C=O) groups is 1. The molecule has 3 N–H and O–H groups in total. The van der Waals surface area contributed by atoms with E-state index in [-0.39, 0.29) is 18.9 Å². The lowest BCUT2D eigenvalue weighted by atomic mass is 10.2. The van der Waals surface area contributed by atoms with Gasteiger partial charge in [0, 0.05) is 6.54 Å². The fraction of sp³-hybridized carbons (Fsp3) is 0.267. The molecule has 0 bridgehead atoms. The highest BCUT2D eigenvalue weighted by Crippen LogP contribution is 2.14. The first-order chi connectivity index (χ1) is 10.0. The number of aryl methyl sites for hydroxylation is 1. The van der Waals surface area contributed by atoms with Gasteiger partial charge in [0.05, 0.1) is 6.54 Å². The number of hydrogen-bond donors (Lipinski definition) is 3. The van der Waals surface area contributed by atoms with Crippen LogP contribution in [0.1, 0.15) is 23.2 Å². The Morgan fingerprint density at radius 1 is 1.24 bits per heavy atom. The van der Waals surface area contributed by atoms with Gasteiger partial charge < -0.3 is 20.2 Å². The van der Waals surface area contributed by atoms with Crippen LogP contribution in [0.2, 0.25) is 0 Å². The molecule has 1 heterocycles. The molecule has 0 aliphatic carbocycles. The molecule has 1 atom stereocenters. The summed E-state index contributed by atoms with van der Waals surface area (Å²) in [6, 6.07) is 8.84. The standard InChI is InChI=1S/C15H17FN2O3/c1-10-2-7-14(21-10)13(19)9-18-15(20)17-8-11-3-5-12(16)6-4-11/h2-7,13,19H,8-9H2,1H3,(H2,17,18,20)/t13-/m1/s1. The molecule has 0 aliphatic rings. The molecule has 0 saturated carbocycles. The molecule has 2 amide bonds. The molecule has 2 aromatic rings. The van der Waals surface area contributed by atoms with E-state index < -0.39 is 12.1 Å². The molecule has 0 unspecified atom stereocenters. The van der Waals surface area contributed by atoms with Crippen molar-refractivity contribution in [2.45, 2.75) is 19.6 Å². The topological polar surface area (TPSA) is 74.5 Å². The van der Waals surface area contributed by atoms with Gasteiger partial charge in [0.1, 0.15) is 23.4 Å². The molecule has 112 valence electrons. The molecule has 0 fully saturated rings. The number of benzene rings is 1. The van der Waals surface area contributed by atoms with Gasteiger partial charge in [0.25, 0.3) is 0 Å². The zero-order chi connectivity index (χ0) is 15.2. The quantitative estimate of drug-likeness (QED) is 0.791. The average Bonchev–Trinajstić information content (AvgIpc) is 2.91. The van der Waals surface area contributed by atoms with E-state index in [9.17, 15) is 14.3 Å². The molecule has 0 saturated heterocycles. The van der Waals surface area contributed by atoms with Crippen molar-refractivity contribution in [3.63, 3.8) is 0 Å². The second kappa shape index (κ2) is 6.90. The van der Waals surface area contributed by atoms with Crippen LogP contribution in [0, 0.1) is 12.7 Å². The van der Waals surface area contributed by atoms with Crippen LogP contribution in [0.4, 0.5) is 9.18 Å². The van der Waals surface area contributed by atoms with Crippen molar-refractivity contribution in [3.05, 3.63) is 59.3 Å². The van der Waals surface area contributed by atoms with Crippen LogP contribution in [-0.2, 0) is 6.54 Å². The molecule has 1 aromatic carbocycles. The fourth-order valence-corrected chi connectivity index (χ4v) is 1.77. The molecule has 5 nitrogen and oxygen atoms in total. The summed E-state index contributed by atoms with van der Waals surface area (Å²) in [7, 11) is 0. The van der Waals surface area contributed by atoms with Gasteiger partial charge in [0.15, 0.2) is 0 Å². The summed E-state index contributed by atoms with van der Waals surface area (Å²) >= 11 is 0. The van der Waals surface area contributed by atoms with Gasteiger partial charge in [-0.3, -0.25) is 0 Å². The second-order valence-corrected chi connectivity index (χ2v) is 4.65. The Balaban J connectivity index is 1.73. The minimum atomic E-state index is -0.893. The van der Waals surface area contributed by atoms with Crippen LogP contribution < -0.4 is 10.6 Å². The zero-order valence-corrected chi connectivity index (χ0v) is 11.6. The van der Waals surface area contributed by atoms with E-state index in [2.05, 4.69) is 10.6 Å². The molecule has 0 radical (unpaired) electrons. The predicted molar refractivity (Wildman–Crippen MR) is 75.0 cm³/mol. The fourth-order valence-electron chi connectivity index (χ4n) is 1.77. The van der Waals surface area contributed by atoms with Crippen LogP contribution in [0.25, 0.3) is 0 Å². The molecule has 0 spiro atoms. The highest BCUT2D eigenvalue weighted by molar-refractivity contribution is 5.73. The largest absolute Gasteiger partial charge is 0.464 e. The molecule has 1 aromatic heterocycles. The van der Waals surface area contributed by atoms with Gasteiger partial charge in [-0.1, -0.05) is 12.1 Å². The average molecular weight is 292 g/mol. The van der Waals surface area contributed by atoms with E-state index in [0.717, 1.165) is 5.56 Å². The van der Waals surface area contributed by atoms with Crippen molar-refractivity contribution >= 4 is 6.03 Å². The minimum Gasteiger partial charge on any atom is -0.464 e. The smallest absolute Gasteiger partial charge is 0.315 e.